The Labute approximate surface area is 130 Å². The molecule has 0 atom stereocenters. The third-order valence-corrected chi connectivity index (χ3v) is 3.58. The van der Waals surface area contributed by atoms with Gasteiger partial charge >= 0.3 is 0 Å². The molecule has 1 aromatic rings. The van der Waals surface area contributed by atoms with Gasteiger partial charge in [0.15, 0.2) is 0 Å². The molecule has 4 nitrogen and oxygen atoms in total. The molecule has 0 saturated carbocycles. The highest BCUT2D eigenvalue weighted by atomic mass is 79.9. The highest BCUT2D eigenvalue weighted by Crippen LogP contribution is 2.17. The maximum absolute atomic E-state index is 12.7. The fourth-order valence-electron chi connectivity index (χ4n) is 2.15. The number of aryl methyl sites for hydroxylation is 1. The molecule has 0 N–H and O–H groups in total. The molecule has 0 unspecified atom stereocenters. The molecule has 0 radical (unpaired) electrons. The van der Waals surface area contributed by atoms with Gasteiger partial charge in [0.1, 0.15) is 5.69 Å². The van der Waals surface area contributed by atoms with Crippen LogP contribution in [0.4, 0.5) is 0 Å². The molecule has 0 aliphatic heterocycles. The van der Waals surface area contributed by atoms with Gasteiger partial charge in [-0.2, -0.15) is 0 Å². The summed E-state index contributed by atoms with van der Waals surface area (Å²) >= 11 is 3.47. The van der Waals surface area contributed by atoms with E-state index in [2.05, 4.69) is 34.7 Å². The summed E-state index contributed by atoms with van der Waals surface area (Å²) in [6, 6.07) is 1.93. The summed E-state index contributed by atoms with van der Waals surface area (Å²) in [5.41, 5.74) is 0.783. The van der Waals surface area contributed by atoms with E-state index >= 15 is 0 Å². The molecular formula is C15H26BrN3O. The molecule has 0 bridgehead atoms. The standard InChI is InChI=1S/C15H26BrN3O/c1-5-7-18(10-9-17(3)4)15(20)14-11-13(16)12-19(14)8-6-2/h11-12H,5-10H2,1-4H3. The highest BCUT2D eigenvalue weighted by molar-refractivity contribution is 9.10. The molecule has 1 rings (SSSR count). The second-order valence-corrected chi connectivity index (χ2v) is 6.25. The van der Waals surface area contributed by atoms with Gasteiger partial charge in [-0.15, -0.1) is 0 Å². The Hall–Kier alpha value is -0.810. The summed E-state index contributed by atoms with van der Waals surface area (Å²) in [5, 5.41) is 0. The van der Waals surface area contributed by atoms with Crippen LogP contribution in [-0.4, -0.2) is 54.0 Å². The number of rotatable bonds is 8. The summed E-state index contributed by atoms with van der Waals surface area (Å²) in [6.07, 6.45) is 3.99. The maximum Gasteiger partial charge on any atom is 0.270 e. The number of hydrogen-bond donors (Lipinski definition) is 0. The molecule has 1 heterocycles. The van der Waals surface area contributed by atoms with E-state index in [0.717, 1.165) is 49.2 Å². The lowest BCUT2D eigenvalue weighted by molar-refractivity contribution is 0.0734. The molecule has 0 aliphatic rings. The second kappa shape index (κ2) is 8.47. The minimum atomic E-state index is 0.132. The smallest absolute Gasteiger partial charge is 0.270 e. The summed E-state index contributed by atoms with van der Waals surface area (Å²) in [6.45, 7) is 7.58. The number of carbonyl (C=O) groups excluding carboxylic acids is 1. The highest BCUT2D eigenvalue weighted by Gasteiger charge is 2.19. The van der Waals surface area contributed by atoms with Crippen LogP contribution in [0.2, 0.25) is 0 Å². The first-order chi connectivity index (χ1) is 9.49. The van der Waals surface area contributed by atoms with E-state index in [1.807, 2.05) is 35.8 Å². The average Bonchev–Trinajstić information content (AvgIpc) is 2.75. The van der Waals surface area contributed by atoms with E-state index in [-0.39, 0.29) is 5.91 Å². The minimum absolute atomic E-state index is 0.132. The predicted molar refractivity (Wildman–Crippen MR) is 87.2 cm³/mol. The topological polar surface area (TPSA) is 28.5 Å². The van der Waals surface area contributed by atoms with Crippen molar-refractivity contribution in [3.05, 3.63) is 22.4 Å². The van der Waals surface area contributed by atoms with Crippen molar-refractivity contribution >= 4 is 21.8 Å². The first-order valence-electron chi connectivity index (χ1n) is 7.29. The molecule has 0 spiro atoms. The Bertz CT molecular complexity index is 429. The Morgan fingerprint density at radius 2 is 1.90 bits per heavy atom. The van der Waals surface area contributed by atoms with E-state index < -0.39 is 0 Å². The second-order valence-electron chi connectivity index (χ2n) is 5.33. The lowest BCUT2D eigenvalue weighted by Crippen LogP contribution is -2.38. The molecule has 114 valence electrons. The van der Waals surface area contributed by atoms with Crippen molar-refractivity contribution in [2.45, 2.75) is 33.2 Å². The van der Waals surface area contributed by atoms with Gasteiger partial charge in [-0.3, -0.25) is 4.79 Å². The van der Waals surface area contributed by atoms with Crippen LogP contribution in [0, 0.1) is 0 Å². The van der Waals surface area contributed by atoms with Gasteiger partial charge < -0.3 is 14.4 Å². The molecular weight excluding hydrogens is 318 g/mol. The van der Waals surface area contributed by atoms with Gasteiger partial charge in [0.25, 0.3) is 5.91 Å². The predicted octanol–water partition coefficient (Wildman–Crippen LogP) is 3.07. The quantitative estimate of drug-likeness (QED) is 0.725. The van der Waals surface area contributed by atoms with Gasteiger partial charge in [-0.25, -0.2) is 0 Å². The zero-order valence-electron chi connectivity index (χ0n) is 13.0. The first kappa shape index (κ1) is 17.2. The Morgan fingerprint density at radius 3 is 2.45 bits per heavy atom. The van der Waals surface area contributed by atoms with E-state index in [4.69, 9.17) is 0 Å². The Morgan fingerprint density at radius 1 is 1.20 bits per heavy atom. The summed E-state index contributed by atoms with van der Waals surface area (Å²) < 4.78 is 3.02. The van der Waals surface area contributed by atoms with Gasteiger partial charge in [-0.05, 0) is 48.9 Å². The molecule has 0 aliphatic carbocycles. The Kier molecular flexibility index (Phi) is 7.30. The molecule has 1 aromatic heterocycles. The fourth-order valence-corrected chi connectivity index (χ4v) is 2.61. The normalized spacial score (nSPS) is 11.1. The van der Waals surface area contributed by atoms with Crippen LogP contribution in [0.5, 0.6) is 0 Å². The van der Waals surface area contributed by atoms with Crippen molar-refractivity contribution in [1.29, 1.82) is 0 Å². The van der Waals surface area contributed by atoms with Crippen molar-refractivity contribution < 1.29 is 4.79 Å². The van der Waals surface area contributed by atoms with E-state index in [1.54, 1.807) is 0 Å². The van der Waals surface area contributed by atoms with E-state index in [1.165, 1.54) is 0 Å². The lowest BCUT2D eigenvalue weighted by atomic mass is 10.3. The molecule has 0 saturated heterocycles. The van der Waals surface area contributed by atoms with E-state index in [0.29, 0.717) is 0 Å². The van der Waals surface area contributed by atoms with Crippen LogP contribution in [0.3, 0.4) is 0 Å². The monoisotopic (exact) mass is 343 g/mol. The van der Waals surface area contributed by atoms with Crippen molar-refractivity contribution in [2.75, 3.05) is 33.7 Å². The summed E-state index contributed by atoms with van der Waals surface area (Å²) in [5.74, 6) is 0.132. The molecule has 1 amide bonds. The lowest BCUT2D eigenvalue weighted by Gasteiger charge is -2.24. The Balaban J connectivity index is 2.87. The zero-order valence-corrected chi connectivity index (χ0v) is 14.6. The summed E-state index contributed by atoms with van der Waals surface area (Å²) in [7, 11) is 4.07. The minimum Gasteiger partial charge on any atom is -0.342 e. The average molecular weight is 344 g/mol. The molecule has 0 fully saturated rings. The van der Waals surface area contributed by atoms with Crippen LogP contribution in [0.25, 0.3) is 0 Å². The molecule has 0 aromatic carbocycles. The van der Waals surface area contributed by atoms with Crippen molar-refractivity contribution in [3.8, 4) is 0 Å². The number of amides is 1. The number of nitrogens with zero attached hydrogens (tertiary/aromatic N) is 3. The number of aromatic nitrogens is 1. The van der Waals surface area contributed by atoms with Gasteiger partial charge in [-0.1, -0.05) is 13.8 Å². The van der Waals surface area contributed by atoms with Crippen LogP contribution >= 0.6 is 15.9 Å². The van der Waals surface area contributed by atoms with Gasteiger partial charge in [0, 0.05) is 36.8 Å². The van der Waals surface area contributed by atoms with Crippen LogP contribution in [0.1, 0.15) is 37.2 Å². The summed E-state index contributed by atoms with van der Waals surface area (Å²) in [4.78, 5) is 16.8. The number of hydrogen-bond acceptors (Lipinski definition) is 2. The van der Waals surface area contributed by atoms with Crippen molar-refractivity contribution in [1.82, 2.24) is 14.4 Å². The van der Waals surface area contributed by atoms with Crippen LogP contribution in [-0.2, 0) is 6.54 Å². The third-order valence-electron chi connectivity index (χ3n) is 3.14. The van der Waals surface area contributed by atoms with Gasteiger partial charge in [0.05, 0.1) is 0 Å². The molecule has 20 heavy (non-hydrogen) atoms. The third kappa shape index (κ3) is 4.94. The van der Waals surface area contributed by atoms with E-state index in [9.17, 15) is 4.79 Å². The molecule has 5 heteroatoms. The first-order valence-corrected chi connectivity index (χ1v) is 8.08. The maximum atomic E-state index is 12.7. The van der Waals surface area contributed by atoms with Crippen LogP contribution < -0.4 is 0 Å². The van der Waals surface area contributed by atoms with Crippen molar-refractivity contribution in [3.63, 3.8) is 0 Å². The van der Waals surface area contributed by atoms with Gasteiger partial charge in [0.2, 0.25) is 0 Å². The zero-order chi connectivity index (χ0) is 15.1. The SMILES string of the molecule is CCCN(CCN(C)C)C(=O)c1cc(Br)cn1CCC. The van der Waals surface area contributed by atoms with Crippen molar-refractivity contribution in [2.24, 2.45) is 0 Å². The largest absolute Gasteiger partial charge is 0.342 e. The number of carbonyl (C=O) groups is 1. The number of halogens is 1. The number of likely N-dealkylation sites (N-methyl/N-ethyl adjacent to an activating group) is 1. The van der Waals surface area contributed by atoms with Crippen LogP contribution in [0.15, 0.2) is 16.7 Å². The fraction of sp³-hybridized carbons (Fsp3) is 0.667.